The number of aryl methyl sites for hydroxylation is 1. The minimum Gasteiger partial charge on any atom is -0.457 e. The summed E-state index contributed by atoms with van der Waals surface area (Å²) in [5.74, 6) is -1.06. The maximum Gasteiger partial charge on any atom is 0.309 e. The third kappa shape index (κ3) is 4.06. The van der Waals surface area contributed by atoms with E-state index in [1.165, 1.54) is 15.6 Å². The van der Waals surface area contributed by atoms with Crippen LogP contribution < -0.4 is 0 Å². The molecular formula is C19H24N2O5S2. The normalized spacial score (nSPS) is 16.2. The maximum atomic E-state index is 12.5. The third-order valence-corrected chi connectivity index (χ3v) is 8.57. The summed E-state index contributed by atoms with van der Waals surface area (Å²) < 4.78 is 33.9. The Hall–Kier alpha value is -1.97. The molecular weight excluding hydrogens is 400 g/mol. The Labute approximate surface area is 169 Å². The number of thiophene rings is 1. The highest BCUT2D eigenvalue weighted by atomic mass is 32.2. The number of carbonyl (C=O) groups is 2. The molecule has 152 valence electrons. The number of ketones is 1. The molecule has 1 aliphatic heterocycles. The predicted molar refractivity (Wildman–Crippen MR) is 106 cm³/mol. The van der Waals surface area contributed by atoms with Crippen molar-refractivity contribution in [1.82, 2.24) is 8.87 Å². The zero-order valence-electron chi connectivity index (χ0n) is 16.2. The van der Waals surface area contributed by atoms with Gasteiger partial charge in [-0.25, -0.2) is 8.42 Å². The van der Waals surface area contributed by atoms with E-state index in [0.29, 0.717) is 22.6 Å². The van der Waals surface area contributed by atoms with Crippen LogP contribution in [0.1, 0.15) is 34.6 Å². The van der Waals surface area contributed by atoms with E-state index >= 15 is 0 Å². The van der Waals surface area contributed by atoms with Gasteiger partial charge in [-0.05, 0) is 44.2 Å². The summed E-state index contributed by atoms with van der Waals surface area (Å²) in [6.45, 7) is 4.01. The summed E-state index contributed by atoms with van der Waals surface area (Å²) in [5, 5.41) is 1.73. The van der Waals surface area contributed by atoms with Crippen LogP contribution in [0.25, 0.3) is 0 Å². The van der Waals surface area contributed by atoms with Crippen molar-refractivity contribution in [2.24, 2.45) is 13.0 Å². The number of rotatable bonds is 6. The Morgan fingerprint density at radius 3 is 2.46 bits per heavy atom. The van der Waals surface area contributed by atoms with E-state index in [4.69, 9.17) is 4.74 Å². The van der Waals surface area contributed by atoms with Crippen molar-refractivity contribution in [2.45, 2.75) is 30.9 Å². The van der Waals surface area contributed by atoms with Gasteiger partial charge in [-0.2, -0.15) is 4.31 Å². The summed E-state index contributed by atoms with van der Waals surface area (Å²) in [6, 6.07) is 5.08. The monoisotopic (exact) mass is 424 g/mol. The first-order valence-electron chi connectivity index (χ1n) is 9.08. The maximum absolute atomic E-state index is 12.5. The van der Waals surface area contributed by atoms with E-state index in [0.717, 1.165) is 11.4 Å². The minimum atomic E-state index is -3.49. The average Bonchev–Trinajstić information content (AvgIpc) is 3.31. The molecule has 0 aliphatic carbocycles. The van der Waals surface area contributed by atoms with Crippen molar-refractivity contribution in [3.05, 3.63) is 40.5 Å². The number of esters is 1. The Bertz CT molecular complexity index is 968. The third-order valence-electron chi connectivity index (χ3n) is 5.30. The highest BCUT2D eigenvalue weighted by Gasteiger charge is 2.33. The van der Waals surface area contributed by atoms with Crippen LogP contribution in [0.4, 0.5) is 0 Å². The second kappa shape index (κ2) is 8.18. The van der Waals surface area contributed by atoms with Crippen LogP contribution >= 0.6 is 11.3 Å². The molecule has 0 bridgehead atoms. The van der Waals surface area contributed by atoms with Crippen LogP contribution in [-0.4, -0.2) is 48.7 Å². The van der Waals surface area contributed by atoms with Crippen molar-refractivity contribution < 1.29 is 22.7 Å². The molecule has 7 nitrogen and oxygen atoms in total. The van der Waals surface area contributed by atoms with E-state index in [9.17, 15) is 18.0 Å². The summed E-state index contributed by atoms with van der Waals surface area (Å²) in [6.07, 6.45) is 0.780. The Morgan fingerprint density at radius 1 is 1.25 bits per heavy atom. The van der Waals surface area contributed by atoms with Crippen LogP contribution in [0.5, 0.6) is 0 Å². The lowest BCUT2D eigenvalue weighted by atomic mass is 9.98. The van der Waals surface area contributed by atoms with Gasteiger partial charge in [-0.15, -0.1) is 11.3 Å². The molecule has 2 aromatic heterocycles. The molecule has 28 heavy (non-hydrogen) atoms. The number of Topliss-reactive ketones (excluding diaryl/α,β-unsaturated/α-hetero) is 1. The molecule has 3 rings (SSSR count). The molecule has 0 atom stereocenters. The van der Waals surface area contributed by atoms with E-state index in [1.807, 2.05) is 25.5 Å². The van der Waals surface area contributed by atoms with Crippen molar-refractivity contribution in [2.75, 3.05) is 19.7 Å². The van der Waals surface area contributed by atoms with E-state index < -0.39 is 16.0 Å². The zero-order chi connectivity index (χ0) is 20.5. The number of hydrogen-bond donors (Lipinski definition) is 0. The largest absolute Gasteiger partial charge is 0.457 e. The second-order valence-corrected chi connectivity index (χ2v) is 10.1. The number of aromatic nitrogens is 1. The van der Waals surface area contributed by atoms with Crippen LogP contribution in [0.15, 0.2) is 27.8 Å². The highest BCUT2D eigenvalue weighted by molar-refractivity contribution is 7.91. The molecule has 0 saturated carbocycles. The Balaban J connectivity index is 1.53. The number of piperidine rings is 1. The van der Waals surface area contributed by atoms with Crippen LogP contribution in [0.3, 0.4) is 0 Å². The molecule has 0 amide bonds. The fourth-order valence-electron chi connectivity index (χ4n) is 3.34. The zero-order valence-corrected chi connectivity index (χ0v) is 17.8. The van der Waals surface area contributed by atoms with Gasteiger partial charge in [0.2, 0.25) is 5.78 Å². The first kappa shape index (κ1) is 20.8. The lowest BCUT2D eigenvalue weighted by Gasteiger charge is -2.29. The topological polar surface area (TPSA) is 85.7 Å². The first-order chi connectivity index (χ1) is 13.2. The summed E-state index contributed by atoms with van der Waals surface area (Å²) >= 11 is 1.18. The van der Waals surface area contributed by atoms with Crippen molar-refractivity contribution in [3.63, 3.8) is 0 Å². The number of carbonyl (C=O) groups excluding carboxylic acids is 2. The summed E-state index contributed by atoms with van der Waals surface area (Å²) in [7, 11) is -1.61. The van der Waals surface area contributed by atoms with Gasteiger partial charge in [0, 0.05) is 37.1 Å². The molecule has 2 aromatic rings. The molecule has 0 spiro atoms. The van der Waals surface area contributed by atoms with Gasteiger partial charge in [-0.1, -0.05) is 6.07 Å². The Morgan fingerprint density at radius 2 is 1.93 bits per heavy atom. The summed E-state index contributed by atoms with van der Waals surface area (Å²) in [5.41, 5.74) is 2.36. The number of ether oxygens (including phenoxy) is 1. The predicted octanol–water partition coefficient (Wildman–Crippen LogP) is 2.53. The van der Waals surface area contributed by atoms with E-state index in [-0.39, 0.29) is 31.4 Å². The molecule has 1 aliphatic rings. The van der Waals surface area contributed by atoms with E-state index in [1.54, 1.807) is 23.6 Å². The Kier molecular flexibility index (Phi) is 6.07. The molecule has 9 heteroatoms. The van der Waals surface area contributed by atoms with Gasteiger partial charge in [0.1, 0.15) is 4.21 Å². The van der Waals surface area contributed by atoms with Crippen molar-refractivity contribution in [1.29, 1.82) is 0 Å². The molecule has 1 saturated heterocycles. The summed E-state index contributed by atoms with van der Waals surface area (Å²) in [4.78, 5) is 24.7. The standard InChI is InChI=1S/C19H24N2O5S2/c1-13-11-16(14(2)20(13)3)17(22)12-26-19(23)15-6-8-21(9-7-15)28(24,25)18-5-4-10-27-18/h4-5,10-11,15H,6-9,12H2,1-3H3. The fourth-order valence-corrected chi connectivity index (χ4v) is 5.95. The molecule has 0 radical (unpaired) electrons. The van der Waals surface area contributed by atoms with Crippen LogP contribution in [0, 0.1) is 19.8 Å². The lowest BCUT2D eigenvalue weighted by molar-refractivity contribution is -0.148. The van der Waals surface area contributed by atoms with Gasteiger partial charge in [0.25, 0.3) is 10.0 Å². The number of sulfonamides is 1. The molecule has 3 heterocycles. The van der Waals surface area contributed by atoms with Crippen LogP contribution in [-0.2, 0) is 26.6 Å². The number of hydrogen-bond acceptors (Lipinski definition) is 6. The van der Waals surface area contributed by atoms with Crippen LogP contribution in [0.2, 0.25) is 0 Å². The van der Waals surface area contributed by atoms with E-state index in [2.05, 4.69) is 0 Å². The number of nitrogens with zero attached hydrogens (tertiary/aromatic N) is 2. The molecule has 0 N–H and O–H groups in total. The minimum absolute atomic E-state index is 0.229. The molecule has 1 fully saturated rings. The van der Waals surface area contributed by atoms with Gasteiger partial charge < -0.3 is 9.30 Å². The highest BCUT2D eigenvalue weighted by Crippen LogP contribution is 2.27. The molecule has 0 aromatic carbocycles. The lowest BCUT2D eigenvalue weighted by Crippen LogP contribution is -2.40. The van der Waals surface area contributed by atoms with Crippen molar-refractivity contribution >= 4 is 33.1 Å². The van der Waals surface area contributed by atoms with Crippen molar-refractivity contribution in [3.8, 4) is 0 Å². The second-order valence-electron chi connectivity index (χ2n) is 6.99. The smallest absolute Gasteiger partial charge is 0.309 e. The fraction of sp³-hybridized carbons (Fsp3) is 0.474. The first-order valence-corrected chi connectivity index (χ1v) is 11.4. The van der Waals surface area contributed by atoms with Gasteiger partial charge in [-0.3, -0.25) is 9.59 Å². The SMILES string of the molecule is Cc1cc(C(=O)COC(=O)C2CCN(S(=O)(=O)c3cccs3)CC2)c(C)n1C. The molecule has 0 unspecified atom stereocenters. The average molecular weight is 425 g/mol. The quantitative estimate of drug-likeness (QED) is 0.525. The van der Waals surface area contributed by atoms with Gasteiger partial charge >= 0.3 is 5.97 Å². The van der Waals surface area contributed by atoms with Gasteiger partial charge in [0.15, 0.2) is 6.61 Å². The van der Waals surface area contributed by atoms with Gasteiger partial charge in [0.05, 0.1) is 5.92 Å².